The van der Waals surface area contributed by atoms with Gasteiger partial charge in [0.05, 0.1) is 6.61 Å². The Morgan fingerprint density at radius 3 is 2.28 bits per heavy atom. The summed E-state index contributed by atoms with van der Waals surface area (Å²) in [5, 5.41) is 4.17. The molecule has 29 heavy (non-hydrogen) atoms. The molecular formula is C20H36N4O5. The maximum atomic E-state index is 11.4. The maximum absolute atomic E-state index is 11.4. The maximum Gasteiger partial charge on any atom is 0.288 e. The van der Waals surface area contributed by atoms with E-state index in [4.69, 9.17) is 24.7 Å². The third-order valence-electron chi connectivity index (χ3n) is 4.82. The summed E-state index contributed by atoms with van der Waals surface area (Å²) in [6, 6.07) is 0. The lowest BCUT2D eigenvalue weighted by Gasteiger charge is -2.24. The van der Waals surface area contributed by atoms with E-state index < -0.39 is 12.1 Å². The van der Waals surface area contributed by atoms with Gasteiger partial charge in [-0.15, -0.1) is 5.10 Å². The first-order valence-electron chi connectivity index (χ1n) is 10.8. The van der Waals surface area contributed by atoms with Crippen LogP contribution in [0.4, 0.5) is 0 Å². The minimum atomic E-state index is -0.680. The number of amides is 1. The van der Waals surface area contributed by atoms with Crippen molar-refractivity contribution < 1.29 is 23.7 Å². The van der Waals surface area contributed by atoms with Gasteiger partial charge in [-0.2, -0.15) is 0 Å². The molecule has 2 heterocycles. The molecule has 1 saturated heterocycles. The highest BCUT2D eigenvalue weighted by Crippen LogP contribution is 2.34. The van der Waals surface area contributed by atoms with Crippen LogP contribution in [-0.4, -0.2) is 65.4 Å². The largest absolute Gasteiger partial charge is 0.379 e. The minimum Gasteiger partial charge on any atom is -0.379 e. The van der Waals surface area contributed by atoms with Gasteiger partial charge < -0.3 is 24.7 Å². The van der Waals surface area contributed by atoms with E-state index in [0.29, 0.717) is 26.4 Å². The first-order valence-corrected chi connectivity index (χ1v) is 10.8. The van der Waals surface area contributed by atoms with Crippen LogP contribution in [0.1, 0.15) is 76.1 Å². The van der Waals surface area contributed by atoms with Crippen molar-refractivity contribution in [2.24, 2.45) is 5.73 Å². The minimum absolute atomic E-state index is 0.0491. The van der Waals surface area contributed by atoms with Crippen LogP contribution in [0.3, 0.4) is 0 Å². The summed E-state index contributed by atoms with van der Waals surface area (Å²) in [4.78, 5) is 15.4. The Kier molecular flexibility index (Phi) is 10.5. The van der Waals surface area contributed by atoms with E-state index in [2.05, 4.69) is 30.9 Å². The number of hydrogen-bond donors (Lipinski definition) is 1. The number of primary amides is 1. The van der Waals surface area contributed by atoms with Crippen LogP contribution in [0.5, 0.6) is 0 Å². The fraction of sp³-hybridized carbons (Fsp3) is 0.850. The van der Waals surface area contributed by atoms with Gasteiger partial charge in [0.1, 0.15) is 24.6 Å². The average molecular weight is 413 g/mol. The van der Waals surface area contributed by atoms with Crippen LogP contribution in [0, 0.1) is 0 Å². The van der Waals surface area contributed by atoms with Gasteiger partial charge in [-0.25, -0.2) is 9.67 Å². The van der Waals surface area contributed by atoms with Gasteiger partial charge in [-0.3, -0.25) is 4.79 Å². The number of carbonyl (C=O) groups is 1. The Balaban J connectivity index is 2.16. The molecule has 1 aliphatic heterocycles. The zero-order chi connectivity index (χ0) is 21.1. The third kappa shape index (κ3) is 7.02. The zero-order valence-corrected chi connectivity index (χ0v) is 17.9. The summed E-state index contributed by atoms with van der Waals surface area (Å²) in [5.74, 6) is -0.729. The molecule has 1 fully saturated rings. The van der Waals surface area contributed by atoms with Gasteiger partial charge in [-0.1, -0.05) is 40.0 Å². The zero-order valence-electron chi connectivity index (χ0n) is 17.9. The molecule has 4 atom stereocenters. The van der Waals surface area contributed by atoms with Crippen molar-refractivity contribution >= 4 is 5.91 Å². The second-order valence-corrected chi connectivity index (χ2v) is 7.28. The molecule has 4 unspecified atom stereocenters. The number of carbonyl (C=O) groups excluding carboxylic acids is 1. The summed E-state index contributed by atoms with van der Waals surface area (Å²) < 4.78 is 25.9. The summed E-state index contributed by atoms with van der Waals surface area (Å²) in [5.41, 5.74) is 5.29. The highest BCUT2D eigenvalue weighted by Gasteiger charge is 2.47. The van der Waals surface area contributed by atoms with Gasteiger partial charge in [0.15, 0.2) is 6.23 Å². The fourth-order valence-corrected chi connectivity index (χ4v) is 3.12. The Morgan fingerprint density at radius 1 is 1.07 bits per heavy atom. The van der Waals surface area contributed by atoms with Crippen molar-refractivity contribution in [3.8, 4) is 0 Å². The predicted octanol–water partition coefficient (Wildman–Crippen LogP) is 2.46. The van der Waals surface area contributed by atoms with E-state index in [1.54, 1.807) is 0 Å². The second kappa shape index (κ2) is 12.9. The van der Waals surface area contributed by atoms with Crippen molar-refractivity contribution in [1.82, 2.24) is 14.8 Å². The molecule has 0 saturated carbocycles. The predicted molar refractivity (Wildman–Crippen MR) is 107 cm³/mol. The molecule has 166 valence electrons. The first-order chi connectivity index (χ1) is 14.1. The normalized spacial score (nSPS) is 24.2. The molecule has 1 aliphatic rings. The second-order valence-electron chi connectivity index (χ2n) is 7.28. The molecule has 1 aromatic heterocycles. The van der Waals surface area contributed by atoms with Crippen molar-refractivity contribution in [3.05, 3.63) is 12.2 Å². The lowest BCUT2D eigenvalue weighted by Crippen LogP contribution is -2.39. The smallest absolute Gasteiger partial charge is 0.288 e. The van der Waals surface area contributed by atoms with Crippen LogP contribution in [-0.2, 0) is 18.9 Å². The molecule has 9 nitrogen and oxygen atoms in total. The van der Waals surface area contributed by atoms with E-state index in [1.807, 2.05) is 0 Å². The molecule has 2 N–H and O–H groups in total. The summed E-state index contributed by atoms with van der Waals surface area (Å²) in [6.45, 7) is 8.68. The summed E-state index contributed by atoms with van der Waals surface area (Å²) >= 11 is 0. The molecule has 1 amide bonds. The first kappa shape index (κ1) is 23.7. The number of hydrogen-bond acceptors (Lipinski definition) is 7. The molecule has 0 aromatic carbocycles. The van der Waals surface area contributed by atoms with Crippen molar-refractivity contribution in [2.75, 3.05) is 26.4 Å². The molecule has 0 spiro atoms. The Morgan fingerprint density at radius 2 is 1.69 bits per heavy atom. The average Bonchev–Trinajstić information content (AvgIpc) is 3.32. The van der Waals surface area contributed by atoms with Gasteiger partial charge in [-0.05, 0) is 19.3 Å². The monoisotopic (exact) mass is 412 g/mol. The van der Waals surface area contributed by atoms with E-state index in [-0.39, 0.29) is 24.1 Å². The van der Waals surface area contributed by atoms with Crippen LogP contribution < -0.4 is 5.73 Å². The molecule has 2 rings (SSSR count). The van der Waals surface area contributed by atoms with Crippen molar-refractivity contribution in [2.45, 2.75) is 83.8 Å². The number of aromatic nitrogens is 3. The van der Waals surface area contributed by atoms with E-state index in [9.17, 15) is 4.79 Å². The van der Waals surface area contributed by atoms with Crippen molar-refractivity contribution in [1.29, 1.82) is 0 Å². The van der Waals surface area contributed by atoms with Crippen LogP contribution in [0.25, 0.3) is 0 Å². The fourth-order valence-electron chi connectivity index (χ4n) is 3.12. The third-order valence-corrected chi connectivity index (χ3v) is 4.82. The number of nitrogens with zero attached hydrogens (tertiary/aromatic N) is 3. The number of rotatable bonds is 15. The van der Waals surface area contributed by atoms with Crippen molar-refractivity contribution in [3.63, 3.8) is 0 Å². The summed E-state index contributed by atoms with van der Waals surface area (Å²) in [6.07, 6.45) is 5.98. The lowest BCUT2D eigenvalue weighted by atomic mass is 10.1. The molecule has 1 aromatic rings. The van der Waals surface area contributed by atoms with Crippen LogP contribution in [0.2, 0.25) is 0 Å². The lowest BCUT2D eigenvalue weighted by molar-refractivity contribution is -0.0845. The SMILES string of the molecule is CCCCOCC1OC(n2cnc(C(N)=O)n2)C(OCCCC)C1OCCCC. The van der Waals surface area contributed by atoms with E-state index in [1.165, 1.54) is 11.0 Å². The highest BCUT2D eigenvalue weighted by atomic mass is 16.6. The van der Waals surface area contributed by atoms with Crippen LogP contribution >= 0.6 is 0 Å². The Labute approximate surface area is 173 Å². The quantitative estimate of drug-likeness (QED) is 0.441. The molecule has 0 aliphatic carbocycles. The Bertz CT molecular complexity index is 597. The standard InChI is InChI=1S/C20H36N4O5/c1-4-7-10-26-13-15-16(27-11-8-5-2)17(28-12-9-6-3)20(29-15)24-14-22-19(23-24)18(21)25/h14-17,20H,4-13H2,1-3H3,(H2,21,25). The number of unbranched alkanes of at least 4 members (excludes halogenated alkanes) is 3. The topological polar surface area (TPSA) is 111 Å². The number of ether oxygens (including phenoxy) is 4. The van der Waals surface area contributed by atoms with E-state index >= 15 is 0 Å². The van der Waals surface area contributed by atoms with Gasteiger partial charge in [0.2, 0.25) is 5.82 Å². The van der Waals surface area contributed by atoms with Gasteiger partial charge in [0.25, 0.3) is 5.91 Å². The molecule has 0 bridgehead atoms. The Hall–Kier alpha value is -1.55. The van der Waals surface area contributed by atoms with Crippen LogP contribution in [0.15, 0.2) is 6.33 Å². The van der Waals surface area contributed by atoms with E-state index in [0.717, 1.165) is 38.5 Å². The van der Waals surface area contributed by atoms with Gasteiger partial charge in [0, 0.05) is 19.8 Å². The number of nitrogens with two attached hydrogens (primary N) is 1. The highest BCUT2D eigenvalue weighted by molar-refractivity contribution is 5.88. The molecule has 0 radical (unpaired) electrons. The van der Waals surface area contributed by atoms with Gasteiger partial charge >= 0.3 is 0 Å². The molecule has 9 heteroatoms. The summed E-state index contributed by atoms with van der Waals surface area (Å²) in [7, 11) is 0. The molecular weight excluding hydrogens is 376 g/mol.